The number of alkyl halides is 1. The van der Waals surface area contributed by atoms with Crippen molar-refractivity contribution >= 4 is 38.8 Å². The lowest BCUT2D eigenvalue weighted by molar-refractivity contribution is 0.155. The highest BCUT2D eigenvalue weighted by Crippen LogP contribution is 2.59. The number of rotatable bonds is 8. The van der Waals surface area contributed by atoms with Crippen molar-refractivity contribution in [2.24, 2.45) is 17.8 Å². The van der Waals surface area contributed by atoms with Crippen LogP contribution in [0.4, 0.5) is 0 Å². The molecule has 0 saturated heterocycles. The second-order valence-corrected chi connectivity index (χ2v) is 11.6. The number of hydrogen-bond donors (Lipinski definition) is 0. The largest absolute Gasteiger partial charge is 0.529 e. The molecule has 4 aliphatic rings. The summed E-state index contributed by atoms with van der Waals surface area (Å²) >= 11 is 12.2. The third kappa shape index (κ3) is 4.48. The Balaban J connectivity index is 0.000000171. The first-order chi connectivity index (χ1) is 14.1. The average molecular weight is 501 g/mol. The SMILES string of the molecule is COP(=O)(OC)OC1=C(Cl)C2C=CCC12.COP(=O)(OC)OC1=CC2(Cl)C=CCC12. The van der Waals surface area contributed by atoms with Crippen LogP contribution in [0.25, 0.3) is 0 Å². The van der Waals surface area contributed by atoms with Gasteiger partial charge in [0.1, 0.15) is 11.5 Å². The van der Waals surface area contributed by atoms with E-state index in [2.05, 4.69) is 18.1 Å². The Morgan fingerprint density at radius 1 is 0.967 bits per heavy atom. The minimum Gasteiger partial charge on any atom is -0.408 e. The van der Waals surface area contributed by atoms with Crippen LogP contribution in [0.2, 0.25) is 0 Å². The van der Waals surface area contributed by atoms with E-state index in [1.54, 1.807) is 6.08 Å². The van der Waals surface area contributed by atoms with Crippen molar-refractivity contribution in [2.45, 2.75) is 17.7 Å². The Morgan fingerprint density at radius 2 is 1.57 bits per heavy atom. The first-order valence-electron chi connectivity index (χ1n) is 9.12. The van der Waals surface area contributed by atoms with Crippen LogP contribution in [0, 0.1) is 17.8 Å². The molecule has 0 fully saturated rings. The van der Waals surface area contributed by atoms with E-state index in [9.17, 15) is 9.13 Å². The van der Waals surface area contributed by atoms with E-state index >= 15 is 0 Å². The normalized spacial score (nSPS) is 31.1. The number of hydrogen-bond acceptors (Lipinski definition) is 8. The summed E-state index contributed by atoms with van der Waals surface area (Å²) in [4.78, 5) is -0.457. The van der Waals surface area contributed by atoms with Gasteiger partial charge in [0, 0.05) is 46.2 Å². The molecule has 12 heteroatoms. The summed E-state index contributed by atoms with van der Waals surface area (Å²) in [6.45, 7) is 0. The van der Waals surface area contributed by atoms with Gasteiger partial charge in [-0.2, -0.15) is 0 Å². The zero-order valence-corrected chi connectivity index (χ0v) is 20.3. The Kier molecular flexibility index (Phi) is 7.33. The minimum atomic E-state index is -3.46. The van der Waals surface area contributed by atoms with Gasteiger partial charge in [0.25, 0.3) is 0 Å². The van der Waals surface area contributed by atoms with Crippen LogP contribution in [-0.4, -0.2) is 33.3 Å². The lowest BCUT2D eigenvalue weighted by Gasteiger charge is -2.37. The maximum atomic E-state index is 11.7. The molecular formula is C18H24Cl2O8P2. The smallest absolute Gasteiger partial charge is 0.408 e. The van der Waals surface area contributed by atoms with E-state index < -0.39 is 20.5 Å². The second-order valence-electron chi connectivity index (χ2n) is 6.88. The number of phosphoric acid groups is 2. The van der Waals surface area contributed by atoms with Crippen LogP contribution in [0.3, 0.4) is 0 Å². The van der Waals surface area contributed by atoms with Gasteiger partial charge in [-0.25, -0.2) is 9.13 Å². The molecule has 0 aromatic rings. The minimum absolute atomic E-state index is 0.0535. The number of fused-ring (bicyclic) bond motifs is 2. The van der Waals surface area contributed by atoms with Crippen LogP contribution < -0.4 is 0 Å². The fraction of sp³-hybridized carbons (Fsp3) is 0.556. The van der Waals surface area contributed by atoms with Gasteiger partial charge in [-0.3, -0.25) is 18.1 Å². The van der Waals surface area contributed by atoms with Gasteiger partial charge in [0.2, 0.25) is 0 Å². The van der Waals surface area contributed by atoms with E-state index in [4.69, 9.17) is 32.2 Å². The van der Waals surface area contributed by atoms with Gasteiger partial charge in [-0.15, -0.1) is 11.6 Å². The Bertz CT molecular complexity index is 883. The van der Waals surface area contributed by atoms with Crippen LogP contribution in [0.1, 0.15) is 12.8 Å². The highest BCUT2D eigenvalue weighted by molar-refractivity contribution is 7.48. The van der Waals surface area contributed by atoms with Crippen LogP contribution in [-0.2, 0) is 36.3 Å². The summed E-state index contributed by atoms with van der Waals surface area (Å²) in [6, 6.07) is 0. The van der Waals surface area contributed by atoms with Gasteiger partial charge in [-0.1, -0.05) is 35.9 Å². The number of phosphoric ester groups is 2. The Hall–Kier alpha value is -0.560. The molecule has 4 atom stereocenters. The molecule has 4 aliphatic carbocycles. The maximum absolute atomic E-state index is 11.7. The molecule has 0 N–H and O–H groups in total. The van der Waals surface area contributed by atoms with Crippen molar-refractivity contribution in [2.75, 3.05) is 28.4 Å². The molecular weight excluding hydrogens is 477 g/mol. The molecule has 0 aliphatic heterocycles. The zero-order valence-electron chi connectivity index (χ0n) is 16.9. The summed E-state index contributed by atoms with van der Waals surface area (Å²) in [7, 11) is -1.77. The van der Waals surface area contributed by atoms with Crippen molar-refractivity contribution < 1.29 is 36.3 Å². The van der Waals surface area contributed by atoms with E-state index in [-0.39, 0.29) is 17.8 Å². The molecule has 0 bridgehead atoms. The zero-order chi connectivity index (χ0) is 22.2. The maximum Gasteiger partial charge on any atom is 0.529 e. The highest BCUT2D eigenvalue weighted by atomic mass is 35.5. The van der Waals surface area contributed by atoms with Crippen molar-refractivity contribution in [3.8, 4) is 0 Å². The van der Waals surface area contributed by atoms with Gasteiger partial charge in [0.05, 0.1) is 9.91 Å². The molecule has 4 unspecified atom stereocenters. The molecule has 30 heavy (non-hydrogen) atoms. The molecule has 0 heterocycles. The lowest BCUT2D eigenvalue weighted by atomic mass is 9.82. The molecule has 0 spiro atoms. The van der Waals surface area contributed by atoms with Crippen molar-refractivity contribution in [1.82, 2.24) is 0 Å². The van der Waals surface area contributed by atoms with Crippen molar-refractivity contribution in [3.05, 3.63) is 46.9 Å². The Labute approximate surface area is 186 Å². The molecule has 0 saturated carbocycles. The quantitative estimate of drug-likeness (QED) is 0.230. The van der Waals surface area contributed by atoms with E-state index in [1.807, 2.05) is 24.3 Å². The second kappa shape index (κ2) is 9.13. The monoisotopic (exact) mass is 500 g/mol. The number of allylic oxidation sites excluding steroid dienone is 8. The molecule has 0 aromatic heterocycles. The standard InChI is InChI=1S/2C9H12ClO4P/c1-12-15(11,13-2)14-8-6-9(10)5-3-4-7(8)9;1-12-15(11,13-2)14-9-7-5-3-4-6(7)8(9)10/h3,5-7H,4H2,1-2H3;3-4,6-7H,5H2,1-2H3. The fourth-order valence-electron chi connectivity index (χ4n) is 3.56. The van der Waals surface area contributed by atoms with E-state index in [1.165, 1.54) is 28.4 Å². The third-order valence-electron chi connectivity index (χ3n) is 5.34. The molecule has 8 nitrogen and oxygen atoms in total. The average Bonchev–Trinajstić information content (AvgIpc) is 3.32. The summed E-state index contributed by atoms with van der Waals surface area (Å²) in [5.41, 5.74) is 0. The highest BCUT2D eigenvalue weighted by Gasteiger charge is 2.50. The summed E-state index contributed by atoms with van der Waals surface area (Å²) in [6.07, 6.45) is 11.4. The van der Waals surface area contributed by atoms with Crippen LogP contribution in [0.15, 0.2) is 46.9 Å². The summed E-state index contributed by atoms with van der Waals surface area (Å²) in [5.74, 6) is 1.61. The molecule has 0 aromatic carbocycles. The molecule has 0 radical (unpaired) electrons. The third-order valence-corrected chi connectivity index (χ3v) is 8.92. The van der Waals surface area contributed by atoms with E-state index in [0.29, 0.717) is 16.6 Å². The lowest BCUT2D eigenvalue weighted by Crippen LogP contribution is -2.35. The van der Waals surface area contributed by atoms with Crippen molar-refractivity contribution in [3.63, 3.8) is 0 Å². The van der Waals surface area contributed by atoms with Gasteiger partial charge < -0.3 is 9.05 Å². The van der Waals surface area contributed by atoms with Crippen LogP contribution in [0.5, 0.6) is 0 Å². The fourth-order valence-corrected chi connectivity index (χ4v) is 5.92. The van der Waals surface area contributed by atoms with Gasteiger partial charge in [-0.05, 0) is 18.9 Å². The first kappa shape index (κ1) is 24.1. The molecule has 168 valence electrons. The molecule has 4 rings (SSSR count). The van der Waals surface area contributed by atoms with E-state index in [0.717, 1.165) is 12.8 Å². The summed E-state index contributed by atoms with van der Waals surface area (Å²) in [5, 5.41) is 0.600. The summed E-state index contributed by atoms with van der Waals surface area (Å²) < 4.78 is 52.5. The topological polar surface area (TPSA) is 89.5 Å². The van der Waals surface area contributed by atoms with Crippen molar-refractivity contribution in [1.29, 1.82) is 0 Å². The van der Waals surface area contributed by atoms with Crippen LogP contribution >= 0.6 is 38.8 Å². The first-order valence-corrected chi connectivity index (χ1v) is 12.8. The predicted molar refractivity (Wildman–Crippen MR) is 113 cm³/mol. The predicted octanol–water partition coefficient (Wildman–Crippen LogP) is 5.92. The Morgan fingerprint density at radius 3 is 2.13 bits per heavy atom. The van der Waals surface area contributed by atoms with Gasteiger partial charge >= 0.3 is 15.6 Å². The molecule has 0 amide bonds. The van der Waals surface area contributed by atoms with Gasteiger partial charge in [0.15, 0.2) is 0 Å². The number of halogens is 2.